The smallest absolute Gasteiger partial charge is 0.164 e. The zero-order valence-corrected chi connectivity index (χ0v) is 12.6. The number of quaternary nitrogens is 1. The van der Waals surface area contributed by atoms with E-state index >= 15 is 0 Å². The maximum atomic E-state index is 11.4. The van der Waals surface area contributed by atoms with Gasteiger partial charge in [0.05, 0.1) is 6.54 Å². The van der Waals surface area contributed by atoms with Gasteiger partial charge in [0, 0.05) is 12.5 Å². The molecule has 0 amide bonds. The summed E-state index contributed by atoms with van der Waals surface area (Å²) < 4.78 is 44.2. The van der Waals surface area contributed by atoms with Crippen molar-refractivity contribution >= 4 is 19.7 Å². The second-order valence-corrected chi connectivity index (χ2v) is 9.35. The van der Waals surface area contributed by atoms with Gasteiger partial charge in [0.25, 0.3) is 0 Å². The van der Waals surface area contributed by atoms with Gasteiger partial charge >= 0.3 is 0 Å². The molecule has 0 aromatic heterocycles. The number of sulfone groups is 2. The second-order valence-electron chi connectivity index (χ2n) is 4.60. The third-order valence-corrected chi connectivity index (χ3v) is 7.20. The van der Waals surface area contributed by atoms with Crippen LogP contribution >= 0.6 is 0 Å². The Morgan fingerprint density at radius 2 is 1.33 bits per heavy atom. The molecule has 0 radical (unpaired) electrons. The first kappa shape index (κ1) is 17.8. The summed E-state index contributed by atoms with van der Waals surface area (Å²) >= 11 is 0. The van der Waals surface area contributed by atoms with Crippen molar-refractivity contribution in [2.75, 3.05) is 19.1 Å². The predicted octanol–water partition coefficient (Wildman–Crippen LogP) is -0.196. The molecule has 0 bridgehead atoms. The fraction of sp³-hybridized carbons (Fsp3) is 1.00. The van der Waals surface area contributed by atoms with Crippen LogP contribution in [0.15, 0.2) is 0 Å². The summed E-state index contributed by atoms with van der Waals surface area (Å²) in [5.74, 6) is 0. The van der Waals surface area contributed by atoms with Crippen LogP contribution in [0.2, 0.25) is 0 Å². The number of unbranched alkanes of at least 4 members (excludes halogenated alkanes) is 4. The van der Waals surface area contributed by atoms with Crippen molar-refractivity contribution in [3.63, 3.8) is 0 Å². The number of hydrogen-bond acceptors (Lipinski definition) is 5. The standard InChI is InChI=1S/C10H23NO5S2/c1-17(13,14)10(18(2,15)16)8-6-4-3-5-7-9-11-12/h10H,3-9,11H2,1-2H3. The topological polar surface area (TPSA) is 108 Å². The van der Waals surface area contributed by atoms with Gasteiger partial charge in [-0.1, -0.05) is 19.3 Å². The molecule has 0 aliphatic heterocycles. The van der Waals surface area contributed by atoms with Crippen LogP contribution < -0.4 is 5.48 Å². The Hall–Kier alpha value is -0.180. The van der Waals surface area contributed by atoms with Crippen LogP contribution in [0.4, 0.5) is 0 Å². The Bertz CT molecular complexity index is 384. The van der Waals surface area contributed by atoms with E-state index < -0.39 is 24.3 Å². The third-order valence-electron chi connectivity index (χ3n) is 2.72. The van der Waals surface area contributed by atoms with Crippen molar-refractivity contribution < 1.29 is 22.3 Å². The van der Waals surface area contributed by atoms with E-state index in [0.29, 0.717) is 13.0 Å². The molecule has 0 saturated heterocycles. The van der Waals surface area contributed by atoms with Gasteiger partial charge in [-0.05, 0) is 19.3 Å². The van der Waals surface area contributed by atoms with Crippen LogP contribution in [0.25, 0.3) is 0 Å². The molecule has 2 N–H and O–H groups in total. The second kappa shape index (κ2) is 8.08. The first-order valence-electron chi connectivity index (χ1n) is 6.01. The maximum Gasteiger partial charge on any atom is 0.164 e. The van der Waals surface area contributed by atoms with E-state index in [4.69, 9.17) is 0 Å². The lowest BCUT2D eigenvalue weighted by Crippen LogP contribution is -2.77. The van der Waals surface area contributed by atoms with Crippen molar-refractivity contribution in [3.05, 3.63) is 5.21 Å². The monoisotopic (exact) mass is 301 g/mol. The predicted molar refractivity (Wildman–Crippen MR) is 71.3 cm³/mol. The number of nitrogens with two attached hydrogens (primary N) is 1. The van der Waals surface area contributed by atoms with Crippen molar-refractivity contribution in [3.8, 4) is 0 Å². The fourth-order valence-electron chi connectivity index (χ4n) is 1.81. The molecule has 0 atom stereocenters. The maximum absolute atomic E-state index is 11.4. The molecule has 0 fully saturated rings. The molecule has 8 heteroatoms. The molecule has 0 heterocycles. The van der Waals surface area contributed by atoms with Crippen molar-refractivity contribution in [1.82, 2.24) is 0 Å². The van der Waals surface area contributed by atoms with E-state index in [1.54, 1.807) is 0 Å². The fourth-order valence-corrected chi connectivity index (χ4v) is 5.54. The Morgan fingerprint density at radius 1 is 0.889 bits per heavy atom. The molecule has 0 unspecified atom stereocenters. The lowest BCUT2D eigenvalue weighted by molar-refractivity contribution is -0.589. The number of rotatable bonds is 10. The van der Waals surface area contributed by atoms with Gasteiger partial charge in [-0.15, -0.1) is 0 Å². The van der Waals surface area contributed by atoms with Crippen LogP contribution in [0.1, 0.15) is 38.5 Å². The van der Waals surface area contributed by atoms with E-state index in [-0.39, 0.29) is 6.42 Å². The lowest BCUT2D eigenvalue weighted by Gasteiger charge is -2.12. The molecular weight excluding hydrogens is 278 g/mol. The van der Waals surface area contributed by atoms with Crippen LogP contribution in [0.3, 0.4) is 0 Å². The molecule has 6 nitrogen and oxygen atoms in total. The van der Waals surface area contributed by atoms with E-state index in [9.17, 15) is 22.0 Å². The zero-order valence-electron chi connectivity index (χ0n) is 11.0. The molecule has 0 aromatic rings. The largest absolute Gasteiger partial charge is 0.636 e. The first-order valence-corrected chi connectivity index (χ1v) is 9.92. The highest BCUT2D eigenvalue weighted by molar-refractivity contribution is 8.08. The Morgan fingerprint density at radius 3 is 1.78 bits per heavy atom. The Kier molecular flexibility index (Phi) is 8.00. The minimum Gasteiger partial charge on any atom is -0.636 e. The Labute approximate surface area is 110 Å². The van der Waals surface area contributed by atoms with Gasteiger partial charge in [-0.2, -0.15) is 0 Å². The van der Waals surface area contributed by atoms with E-state index in [0.717, 1.165) is 43.7 Å². The van der Waals surface area contributed by atoms with E-state index in [1.807, 2.05) is 0 Å². The molecule has 0 spiro atoms. The van der Waals surface area contributed by atoms with Crippen LogP contribution in [0.5, 0.6) is 0 Å². The Balaban J connectivity index is 4.02. The molecule has 0 aromatic carbocycles. The summed E-state index contributed by atoms with van der Waals surface area (Å²) in [6.07, 6.45) is 6.10. The normalized spacial score (nSPS) is 13.1. The summed E-state index contributed by atoms with van der Waals surface area (Å²) in [6.45, 7) is 0.551. The zero-order chi connectivity index (χ0) is 14.2. The molecule has 0 aliphatic carbocycles. The SMILES string of the molecule is CS(=O)(=O)C(CCCCCCC[NH2+][O-])S(C)(=O)=O. The van der Waals surface area contributed by atoms with Crippen molar-refractivity contribution in [2.45, 2.75) is 43.1 Å². The van der Waals surface area contributed by atoms with Gasteiger partial charge < -0.3 is 10.7 Å². The summed E-state index contributed by atoms with van der Waals surface area (Å²) in [6, 6.07) is 0. The average Bonchev–Trinajstić information content (AvgIpc) is 2.18. The van der Waals surface area contributed by atoms with Gasteiger partial charge in [0.1, 0.15) is 0 Å². The van der Waals surface area contributed by atoms with Crippen molar-refractivity contribution in [1.29, 1.82) is 0 Å². The quantitative estimate of drug-likeness (QED) is 0.444. The van der Waals surface area contributed by atoms with Crippen LogP contribution in [0, 0.1) is 5.21 Å². The first-order chi connectivity index (χ1) is 8.19. The highest BCUT2D eigenvalue weighted by atomic mass is 32.3. The number of hydrogen-bond donors (Lipinski definition) is 1. The molecule has 0 aliphatic rings. The molecule has 0 saturated carbocycles. The highest BCUT2D eigenvalue weighted by Gasteiger charge is 2.30. The van der Waals surface area contributed by atoms with E-state index in [1.165, 1.54) is 0 Å². The summed E-state index contributed by atoms with van der Waals surface area (Å²) in [4.78, 5) is 0. The van der Waals surface area contributed by atoms with Crippen molar-refractivity contribution in [2.24, 2.45) is 0 Å². The summed E-state index contributed by atoms with van der Waals surface area (Å²) in [7, 11) is -7.12. The lowest BCUT2D eigenvalue weighted by atomic mass is 10.1. The molecule has 18 heavy (non-hydrogen) atoms. The van der Waals surface area contributed by atoms with Gasteiger partial charge in [0.15, 0.2) is 24.3 Å². The highest BCUT2D eigenvalue weighted by Crippen LogP contribution is 2.16. The van der Waals surface area contributed by atoms with Crippen LogP contribution in [-0.2, 0) is 19.7 Å². The van der Waals surface area contributed by atoms with E-state index in [2.05, 4.69) is 0 Å². The minimum atomic E-state index is -3.56. The molecule has 110 valence electrons. The third kappa shape index (κ3) is 8.02. The molecular formula is C10H23NO5S2. The van der Waals surface area contributed by atoms with Crippen LogP contribution in [-0.4, -0.2) is 40.5 Å². The van der Waals surface area contributed by atoms with Gasteiger partial charge in [0.2, 0.25) is 0 Å². The molecule has 0 rings (SSSR count). The average molecular weight is 301 g/mol. The minimum absolute atomic E-state index is 0.158. The summed E-state index contributed by atoms with van der Waals surface area (Å²) in [5.41, 5.74) is 0.878. The van der Waals surface area contributed by atoms with Gasteiger partial charge in [-0.3, -0.25) is 0 Å². The van der Waals surface area contributed by atoms with Gasteiger partial charge in [-0.25, -0.2) is 16.8 Å². The number of hydroxylamine groups is 1. The summed E-state index contributed by atoms with van der Waals surface area (Å²) in [5, 5.41) is 10.1.